The van der Waals surface area contributed by atoms with Crippen LogP contribution < -0.4 is 4.90 Å². The molecule has 0 aliphatic heterocycles. The van der Waals surface area contributed by atoms with Gasteiger partial charge in [0.05, 0.1) is 0 Å². The van der Waals surface area contributed by atoms with Crippen LogP contribution in [0, 0.1) is 23.7 Å². The number of hydrogen-bond donors (Lipinski definition) is 0. The Bertz CT molecular complexity index is 2800. The first-order valence-electron chi connectivity index (χ1n) is 20.5. The SMILES string of the molecule is c1cc(C2c3ccccc3-c3ccccc32)cc(N(c2ccc3c(c2)C2(c4ccccc4-3)C3CC4CC(C3)CC2C4)c2ccc3c(c2)sc2ccccc23)c1. The van der Waals surface area contributed by atoms with Crippen molar-refractivity contribution in [2.75, 3.05) is 4.90 Å². The molecule has 8 aromatic rings. The molecular weight excluding hydrogens is 683 g/mol. The van der Waals surface area contributed by atoms with Crippen molar-refractivity contribution in [1.29, 1.82) is 0 Å². The number of fused-ring (bicyclic) bond motifs is 9. The summed E-state index contributed by atoms with van der Waals surface area (Å²) in [5.74, 6) is 3.51. The lowest BCUT2D eigenvalue weighted by Crippen LogP contribution is -2.55. The monoisotopic (exact) mass is 723 g/mol. The van der Waals surface area contributed by atoms with Gasteiger partial charge in [-0.25, -0.2) is 0 Å². The van der Waals surface area contributed by atoms with E-state index in [0.717, 1.165) is 23.7 Å². The van der Waals surface area contributed by atoms with Crippen molar-refractivity contribution in [3.8, 4) is 22.3 Å². The molecule has 1 heterocycles. The van der Waals surface area contributed by atoms with E-state index in [0.29, 0.717) is 0 Å². The first-order chi connectivity index (χ1) is 27.2. The maximum absolute atomic E-state index is 2.65. The largest absolute Gasteiger partial charge is 0.310 e. The zero-order chi connectivity index (χ0) is 35.8. The van der Waals surface area contributed by atoms with Gasteiger partial charge in [-0.2, -0.15) is 0 Å². The molecule has 55 heavy (non-hydrogen) atoms. The maximum Gasteiger partial charge on any atom is 0.0476 e. The van der Waals surface area contributed by atoms with Gasteiger partial charge in [-0.05, 0) is 148 Å². The Balaban J connectivity index is 1.02. The van der Waals surface area contributed by atoms with Crippen molar-refractivity contribution < 1.29 is 0 Å². The summed E-state index contributed by atoms with van der Waals surface area (Å²) in [6.45, 7) is 0. The van der Waals surface area contributed by atoms with Crippen molar-refractivity contribution in [2.24, 2.45) is 23.7 Å². The van der Waals surface area contributed by atoms with E-state index in [9.17, 15) is 0 Å². The number of nitrogens with zero attached hydrogens (tertiary/aromatic N) is 1. The van der Waals surface area contributed by atoms with Crippen molar-refractivity contribution in [3.05, 3.63) is 186 Å². The van der Waals surface area contributed by atoms with Crippen molar-refractivity contribution >= 4 is 48.6 Å². The van der Waals surface area contributed by atoms with Gasteiger partial charge in [0.15, 0.2) is 0 Å². The minimum absolute atomic E-state index is 0.121. The Morgan fingerprint density at radius 1 is 0.436 bits per heavy atom. The second-order valence-corrected chi connectivity index (χ2v) is 18.3. The molecule has 6 aliphatic carbocycles. The summed E-state index contributed by atoms with van der Waals surface area (Å²) < 4.78 is 2.69. The minimum atomic E-state index is 0.121. The molecule has 0 saturated heterocycles. The lowest BCUT2D eigenvalue weighted by atomic mass is 9.43. The van der Waals surface area contributed by atoms with Gasteiger partial charge in [-0.3, -0.25) is 0 Å². The molecule has 0 radical (unpaired) electrons. The highest BCUT2D eigenvalue weighted by Crippen LogP contribution is 2.69. The Morgan fingerprint density at radius 2 is 1.04 bits per heavy atom. The molecule has 4 fully saturated rings. The maximum atomic E-state index is 2.65. The number of anilines is 3. The third-order valence-electron chi connectivity index (χ3n) is 14.7. The van der Waals surface area contributed by atoms with E-state index in [1.165, 1.54) is 108 Å². The molecule has 7 aromatic carbocycles. The topological polar surface area (TPSA) is 3.24 Å². The van der Waals surface area contributed by atoms with Crippen LogP contribution in [-0.2, 0) is 5.41 Å². The molecule has 4 saturated carbocycles. The summed E-state index contributed by atoms with van der Waals surface area (Å²) in [6, 6.07) is 60.6. The van der Waals surface area contributed by atoms with Gasteiger partial charge in [0, 0.05) is 48.6 Å². The second-order valence-electron chi connectivity index (χ2n) is 17.3. The van der Waals surface area contributed by atoms with E-state index in [2.05, 4.69) is 163 Å². The molecule has 14 rings (SSSR count). The normalized spacial score (nSPS) is 24.0. The number of hydrogen-bond acceptors (Lipinski definition) is 2. The summed E-state index contributed by atoms with van der Waals surface area (Å²) in [6.07, 6.45) is 7.04. The molecular formula is C53H41NS. The van der Waals surface area contributed by atoms with E-state index < -0.39 is 0 Å². The molecule has 0 atom stereocenters. The highest BCUT2D eigenvalue weighted by molar-refractivity contribution is 7.25. The van der Waals surface area contributed by atoms with Crippen LogP contribution in [0.1, 0.15) is 65.8 Å². The lowest BCUT2D eigenvalue weighted by molar-refractivity contribution is -0.0399. The fourth-order valence-corrected chi connectivity index (χ4v) is 14.1. The standard InChI is InChI=1S/C53H41NS/c1-3-16-46-40(12-1)41-13-2-4-17-47(41)52(46)34-10-9-11-37(29-34)54(39-21-23-45-44-15-6-8-19-50(44)55-51(45)31-39)38-20-22-43-42-14-5-7-18-48(42)53(49(43)30-38)35-25-32-24-33(27-35)28-36(53)26-32/h1-23,29-33,35-36,52H,24-28H2. The van der Waals surface area contributed by atoms with Gasteiger partial charge >= 0.3 is 0 Å². The molecule has 1 spiro atoms. The second kappa shape index (κ2) is 11.3. The smallest absolute Gasteiger partial charge is 0.0476 e. The molecule has 0 unspecified atom stereocenters. The quantitative estimate of drug-likeness (QED) is 0.175. The molecule has 6 aliphatic rings. The van der Waals surface area contributed by atoms with Crippen LogP contribution in [-0.4, -0.2) is 0 Å². The Morgan fingerprint density at radius 3 is 1.82 bits per heavy atom. The van der Waals surface area contributed by atoms with Crippen LogP contribution in [0.5, 0.6) is 0 Å². The van der Waals surface area contributed by atoms with Crippen LogP contribution in [0.3, 0.4) is 0 Å². The van der Waals surface area contributed by atoms with Crippen LogP contribution in [0.4, 0.5) is 17.1 Å². The van der Waals surface area contributed by atoms with E-state index >= 15 is 0 Å². The predicted molar refractivity (Wildman–Crippen MR) is 230 cm³/mol. The highest BCUT2D eigenvalue weighted by Gasteiger charge is 2.61. The molecule has 264 valence electrons. The Labute approximate surface area is 326 Å². The summed E-state index contributed by atoms with van der Waals surface area (Å²) in [4.78, 5) is 2.58. The van der Waals surface area contributed by atoms with E-state index in [-0.39, 0.29) is 11.3 Å². The Hall–Kier alpha value is -5.44. The van der Waals surface area contributed by atoms with Crippen molar-refractivity contribution in [3.63, 3.8) is 0 Å². The lowest BCUT2D eigenvalue weighted by Gasteiger charge is -2.61. The first kappa shape index (κ1) is 30.8. The van der Waals surface area contributed by atoms with Gasteiger partial charge in [0.25, 0.3) is 0 Å². The molecule has 1 nitrogen and oxygen atoms in total. The summed E-state index contributed by atoms with van der Waals surface area (Å²) in [7, 11) is 0. The molecule has 0 amide bonds. The molecule has 4 bridgehead atoms. The van der Waals surface area contributed by atoms with Gasteiger partial charge in [-0.15, -0.1) is 11.3 Å². The fourth-order valence-electron chi connectivity index (χ4n) is 12.9. The van der Waals surface area contributed by atoms with Gasteiger partial charge in [-0.1, -0.05) is 115 Å². The van der Waals surface area contributed by atoms with Gasteiger partial charge in [0.1, 0.15) is 0 Å². The zero-order valence-electron chi connectivity index (χ0n) is 30.8. The van der Waals surface area contributed by atoms with Crippen LogP contribution in [0.25, 0.3) is 42.4 Å². The van der Waals surface area contributed by atoms with E-state index in [1.807, 2.05) is 11.3 Å². The summed E-state index contributed by atoms with van der Waals surface area (Å²) >= 11 is 1.91. The van der Waals surface area contributed by atoms with Crippen molar-refractivity contribution in [2.45, 2.75) is 43.4 Å². The molecule has 1 aromatic heterocycles. The average molecular weight is 724 g/mol. The van der Waals surface area contributed by atoms with Crippen molar-refractivity contribution in [1.82, 2.24) is 0 Å². The molecule has 0 N–H and O–H groups in total. The number of thiophene rings is 1. The third kappa shape index (κ3) is 4.19. The third-order valence-corrected chi connectivity index (χ3v) is 15.8. The van der Waals surface area contributed by atoms with E-state index in [4.69, 9.17) is 0 Å². The van der Waals surface area contributed by atoms with E-state index in [1.54, 1.807) is 11.1 Å². The van der Waals surface area contributed by atoms with Crippen LogP contribution in [0.15, 0.2) is 158 Å². The zero-order valence-corrected chi connectivity index (χ0v) is 31.6. The Kier molecular flexibility index (Phi) is 6.34. The predicted octanol–water partition coefficient (Wildman–Crippen LogP) is 14.4. The number of rotatable bonds is 4. The summed E-state index contributed by atoms with van der Waals surface area (Å²) in [5, 5.41) is 2.69. The minimum Gasteiger partial charge on any atom is -0.310 e. The van der Waals surface area contributed by atoms with Crippen LogP contribution >= 0.6 is 11.3 Å². The number of benzene rings is 7. The highest BCUT2D eigenvalue weighted by atomic mass is 32.1. The fraction of sp³-hybridized carbons (Fsp3) is 0.208. The van der Waals surface area contributed by atoms with Gasteiger partial charge in [0.2, 0.25) is 0 Å². The first-order valence-corrected chi connectivity index (χ1v) is 21.3. The summed E-state index contributed by atoms with van der Waals surface area (Å²) in [5.41, 5.74) is 16.9. The average Bonchev–Trinajstić information content (AvgIpc) is 3.86. The van der Waals surface area contributed by atoms with Crippen LogP contribution in [0.2, 0.25) is 0 Å². The van der Waals surface area contributed by atoms with Gasteiger partial charge < -0.3 is 4.90 Å². The molecule has 2 heteroatoms.